The highest BCUT2D eigenvalue weighted by Gasteiger charge is 2.42. The molecule has 4 nitrogen and oxygen atoms in total. The van der Waals surface area contributed by atoms with Crippen LogP contribution in [0.1, 0.15) is 23.5 Å². The molecule has 4 aromatic rings. The summed E-state index contributed by atoms with van der Waals surface area (Å²) in [6, 6.07) is 28.7. The fourth-order valence-electron chi connectivity index (χ4n) is 4.02. The first-order valence-corrected chi connectivity index (χ1v) is 10.9. The van der Waals surface area contributed by atoms with Gasteiger partial charge < -0.3 is 14.8 Å². The van der Waals surface area contributed by atoms with E-state index in [-0.39, 0.29) is 12.1 Å². The van der Waals surface area contributed by atoms with Crippen molar-refractivity contribution in [3.63, 3.8) is 0 Å². The smallest absolute Gasteiger partial charge is 0.174 e. The van der Waals surface area contributed by atoms with E-state index in [4.69, 9.17) is 12.2 Å². The van der Waals surface area contributed by atoms with E-state index in [1.165, 1.54) is 0 Å². The van der Waals surface area contributed by atoms with Crippen LogP contribution in [-0.4, -0.2) is 14.7 Å². The van der Waals surface area contributed by atoms with E-state index in [9.17, 15) is 0 Å². The predicted octanol–water partition coefficient (Wildman–Crippen LogP) is 5.81. The average Bonchev–Trinajstić information content (AvgIpc) is 3.39. The van der Waals surface area contributed by atoms with Crippen molar-refractivity contribution in [1.82, 2.24) is 14.9 Å². The van der Waals surface area contributed by atoms with Gasteiger partial charge in [0.25, 0.3) is 0 Å². The Kier molecular flexibility index (Phi) is 5.11. The largest absolute Gasteiger partial charge is 0.351 e. The van der Waals surface area contributed by atoms with Crippen molar-refractivity contribution in [3.05, 3.63) is 113 Å². The molecule has 1 fully saturated rings. The fourth-order valence-corrected chi connectivity index (χ4v) is 4.75. The van der Waals surface area contributed by atoms with E-state index in [0.29, 0.717) is 5.11 Å². The van der Waals surface area contributed by atoms with Crippen LogP contribution in [0.15, 0.2) is 102 Å². The maximum absolute atomic E-state index is 5.80. The average molecular weight is 475 g/mol. The normalized spacial score (nSPS) is 18.4. The molecular weight excluding hydrogens is 456 g/mol. The van der Waals surface area contributed by atoms with Gasteiger partial charge in [0.2, 0.25) is 0 Å². The quantitative estimate of drug-likeness (QED) is 0.378. The molecule has 1 N–H and O–H groups in total. The molecule has 1 saturated heterocycles. The third-order valence-corrected chi connectivity index (χ3v) is 6.11. The van der Waals surface area contributed by atoms with Crippen LogP contribution in [0.2, 0.25) is 0 Å². The second-order valence-corrected chi connectivity index (χ2v) is 8.42. The van der Waals surface area contributed by atoms with Gasteiger partial charge >= 0.3 is 0 Å². The number of benzene rings is 2. The Balaban J connectivity index is 1.67. The highest BCUT2D eigenvalue weighted by molar-refractivity contribution is 9.10. The maximum atomic E-state index is 5.80. The van der Waals surface area contributed by atoms with Crippen LogP contribution >= 0.6 is 28.1 Å². The molecule has 2 atom stereocenters. The van der Waals surface area contributed by atoms with Crippen LogP contribution in [0.3, 0.4) is 0 Å². The Labute approximate surface area is 189 Å². The summed E-state index contributed by atoms with van der Waals surface area (Å²) in [5.41, 5.74) is 4.25. The number of rotatable bonds is 4. The van der Waals surface area contributed by atoms with Crippen molar-refractivity contribution in [2.45, 2.75) is 12.1 Å². The molecule has 0 spiro atoms. The Morgan fingerprint density at radius 3 is 2.43 bits per heavy atom. The Morgan fingerprint density at radius 1 is 0.867 bits per heavy atom. The van der Waals surface area contributed by atoms with E-state index in [1.807, 2.05) is 54.7 Å². The van der Waals surface area contributed by atoms with Crippen LogP contribution in [0.5, 0.6) is 0 Å². The first-order chi connectivity index (χ1) is 14.7. The van der Waals surface area contributed by atoms with Crippen LogP contribution in [-0.2, 0) is 0 Å². The molecule has 1 aliphatic heterocycles. The zero-order valence-corrected chi connectivity index (χ0v) is 18.4. The predicted molar refractivity (Wildman–Crippen MR) is 128 cm³/mol. The van der Waals surface area contributed by atoms with Gasteiger partial charge in [0.1, 0.15) is 6.04 Å². The van der Waals surface area contributed by atoms with Gasteiger partial charge in [-0.2, -0.15) is 0 Å². The van der Waals surface area contributed by atoms with Crippen LogP contribution in [0, 0.1) is 0 Å². The van der Waals surface area contributed by atoms with Crippen LogP contribution < -0.4 is 10.2 Å². The van der Waals surface area contributed by atoms with Crippen molar-refractivity contribution < 1.29 is 0 Å². The van der Waals surface area contributed by atoms with Gasteiger partial charge in [-0.1, -0.05) is 46.3 Å². The number of thiocarbonyl (C=S) groups is 1. The molecule has 0 saturated carbocycles. The van der Waals surface area contributed by atoms with E-state index in [0.717, 1.165) is 27.2 Å². The number of pyridine rings is 1. The van der Waals surface area contributed by atoms with Crippen molar-refractivity contribution >= 4 is 38.9 Å². The molecule has 6 heteroatoms. The van der Waals surface area contributed by atoms with Gasteiger partial charge in [0.05, 0.1) is 11.7 Å². The summed E-state index contributed by atoms with van der Waals surface area (Å²) < 4.78 is 3.26. The minimum absolute atomic E-state index is 0.0521. The van der Waals surface area contributed by atoms with Gasteiger partial charge in [-0.25, -0.2) is 0 Å². The second kappa shape index (κ2) is 8.05. The lowest BCUT2D eigenvalue weighted by molar-refractivity contribution is 0.549. The molecule has 0 bridgehead atoms. The summed E-state index contributed by atoms with van der Waals surface area (Å²) in [5.74, 6) is 0. The molecule has 3 heterocycles. The second-order valence-electron chi connectivity index (χ2n) is 7.12. The lowest BCUT2D eigenvalue weighted by Crippen LogP contribution is -2.30. The number of hydrogen-bond acceptors (Lipinski definition) is 2. The first-order valence-electron chi connectivity index (χ1n) is 9.71. The molecule has 2 aromatic heterocycles. The zero-order valence-electron chi connectivity index (χ0n) is 16.0. The molecule has 30 heavy (non-hydrogen) atoms. The molecule has 0 aliphatic carbocycles. The highest BCUT2D eigenvalue weighted by atomic mass is 79.9. The summed E-state index contributed by atoms with van der Waals surface area (Å²) in [7, 11) is 0. The van der Waals surface area contributed by atoms with E-state index < -0.39 is 0 Å². The van der Waals surface area contributed by atoms with Crippen molar-refractivity contribution in [2.24, 2.45) is 0 Å². The van der Waals surface area contributed by atoms with E-state index in [2.05, 4.69) is 78.3 Å². The van der Waals surface area contributed by atoms with Gasteiger partial charge in [0, 0.05) is 33.9 Å². The lowest BCUT2D eigenvalue weighted by atomic mass is 10.0. The SMILES string of the molecule is S=C1N[C@H](c2ccccn2)[C@H](c2cccn2-c2cccc(Br)c2)N1c1ccccc1. The summed E-state index contributed by atoms with van der Waals surface area (Å²) in [6.45, 7) is 0. The number of hydrogen-bond donors (Lipinski definition) is 1. The Morgan fingerprint density at radius 2 is 1.67 bits per heavy atom. The minimum Gasteiger partial charge on any atom is -0.351 e. The number of para-hydroxylation sites is 1. The summed E-state index contributed by atoms with van der Waals surface area (Å²) in [5, 5.41) is 4.22. The molecule has 0 radical (unpaired) electrons. The summed E-state index contributed by atoms with van der Waals surface area (Å²) >= 11 is 9.40. The maximum Gasteiger partial charge on any atom is 0.174 e. The monoisotopic (exact) mass is 474 g/mol. The summed E-state index contributed by atoms with van der Waals surface area (Å²) in [6.07, 6.45) is 3.92. The zero-order chi connectivity index (χ0) is 20.5. The standard InChI is InChI=1S/C24H19BrN4S/c25-17-8-6-11-19(16-17)28-15-7-13-21(28)23-22(20-12-4-5-14-26-20)27-24(30)29(23)18-9-2-1-3-10-18/h1-16,22-23H,(H,27,30)/t22-,23+/m1/s1. The van der Waals surface area contributed by atoms with Crippen molar-refractivity contribution in [3.8, 4) is 5.69 Å². The van der Waals surface area contributed by atoms with Crippen molar-refractivity contribution in [1.29, 1.82) is 0 Å². The van der Waals surface area contributed by atoms with Crippen molar-refractivity contribution in [2.75, 3.05) is 4.90 Å². The first kappa shape index (κ1) is 19.0. The molecule has 0 amide bonds. The molecular formula is C24H19BrN4S. The van der Waals surface area contributed by atoms with E-state index >= 15 is 0 Å². The topological polar surface area (TPSA) is 33.1 Å². The number of nitrogens with one attached hydrogen (secondary N) is 1. The van der Waals surface area contributed by atoms with Crippen LogP contribution in [0.4, 0.5) is 5.69 Å². The number of aromatic nitrogens is 2. The molecule has 1 aliphatic rings. The lowest BCUT2D eigenvalue weighted by Gasteiger charge is -2.29. The number of anilines is 1. The fraction of sp³-hybridized carbons (Fsp3) is 0.0833. The summed E-state index contributed by atoms with van der Waals surface area (Å²) in [4.78, 5) is 6.83. The van der Waals surface area contributed by atoms with Gasteiger partial charge in [-0.3, -0.25) is 4.98 Å². The van der Waals surface area contributed by atoms with Gasteiger partial charge in [-0.05, 0) is 66.8 Å². The van der Waals surface area contributed by atoms with Crippen LogP contribution in [0.25, 0.3) is 5.69 Å². The third-order valence-electron chi connectivity index (χ3n) is 5.30. The molecule has 2 aromatic carbocycles. The molecule has 5 rings (SSSR count). The van der Waals surface area contributed by atoms with E-state index in [1.54, 1.807) is 0 Å². The highest BCUT2D eigenvalue weighted by Crippen LogP contribution is 2.42. The van der Waals surface area contributed by atoms with Gasteiger partial charge in [-0.15, -0.1) is 0 Å². The minimum atomic E-state index is -0.0697. The number of nitrogens with zero attached hydrogens (tertiary/aromatic N) is 3. The third kappa shape index (κ3) is 3.42. The Bertz CT molecular complexity index is 1180. The molecule has 0 unspecified atom stereocenters. The molecule has 148 valence electrons. The number of halogens is 1. The Hall–Kier alpha value is -2.96. The van der Waals surface area contributed by atoms with Gasteiger partial charge in [0.15, 0.2) is 5.11 Å².